The summed E-state index contributed by atoms with van der Waals surface area (Å²) in [7, 11) is 1.37. The van der Waals surface area contributed by atoms with Crippen molar-refractivity contribution >= 4 is 28.2 Å². The molecule has 2 aliphatic rings. The number of anilines is 1. The Hall–Kier alpha value is -2.54. The predicted molar refractivity (Wildman–Crippen MR) is 102 cm³/mol. The number of hydrogen-bond donors (Lipinski definition) is 1. The number of amides is 1. The second-order valence-corrected chi connectivity index (χ2v) is 8.07. The summed E-state index contributed by atoms with van der Waals surface area (Å²) in [6, 6.07) is 5.45. The first-order valence-electron chi connectivity index (χ1n) is 8.96. The highest BCUT2D eigenvalue weighted by Crippen LogP contribution is 2.40. The monoisotopic (exact) mass is 387 g/mol. The number of rotatable bonds is 4. The Balaban J connectivity index is 1.54. The highest BCUT2D eigenvalue weighted by molar-refractivity contribution is 7.17. The Morgan fingerprint density at radius 1 is 1.30 bits per heavy atom. The molecule has 1 aliphatic heterocycles. The van der Waals surface area contributed by atoms with Crippen molar-refractivity contribution in [2.45, 2.75) is 32.6 Å². The van der Waals surface area contributed by atoms with Gasteiger partial charge in [0.25, 0.3) is 0 Å². The molecule has 1 unspecified atom stereocenters. The summed E-state index contributed by atoms with van der Waals surface area (Å²) in [5.74, 6) is 1.35. The first-order chi connectivity index (χ1) is 13.0. The van der Waals surface area contributed by atoms with Gasteiger partial charge in [0.15, 0.2) is 11.5 Å². The van der Waals surface area contributed by atoms with Crippen molar-refractivity contribution in [3.63, 3.8) is 0 Å². The molecular formula is C20H21NO5S. The van der Waals surface area contributed by atoms with Crippen LogP contribution >= 0.6 is 11.3 Å². The maximum absolute atomic E-state index is 12.6. The molecule has 1 amide bonds. The van der Waals surface area contributed by atoms with Crippen LogP contribution in [0.1, 0.15) is 39.7 Å². The quantitative estimate of drug-likeness (QED) is 0.812. The van der Waals surface area contributed by atoms with Crippen LogP contribution in [0.5, 0.6) is 11.5 Å². The van der Waals surface area contributed by atoms with Crippen LogP contribution in [0, 0.1) is 5.92 Å². The van der Waals surface area contributed by atoms with E-state index in [9.17, 15) is 9.59 Å². The lowest BCUT2D eigenvalue weighted by Gasteiger charge is -2.18. The molecule has 0 spiro atoms. The zero-order valence-corrected chi connectivity index (χ0v) is 16.1. The molecule has 1 aromatic carbocycles. The zero-order valence-electron chi connectivity index (χ0n) is 15.3. The van der Waals surface area contributed by atoms with Gasteiger partial charge in [-0.3, -0.25) is 4.79 Å². The summed E-state index contributed by atoms with van der Waals surface area (Å²) in [5.41, 5.74) is 2.37. The van der Waals surface area contributed by atoms with Gasteiger partial charge in [-0.05, 0) is 48.4 Å². The van der Waals surface area contributed by atoms with Crippen LogP contribution in [0.25, 0.3) is 0 Å². The number of carbonyl (C=O) groups excluding carboxylic acids is 2. The molecule has 2 heterocycles. The molecule has 0 saturated heterocycles. The van der Waals surface area contributed by atoms with Crippen LogP contribution in [0.15, 0.2) is 18.2 Å². The first kappa shape index (κ1) is 17.9. The number of methoxy groups -OCH3 is 1. The Bertz CT molecular complexity index is 904. The number of ether oxygens (including phenoxy) is 3. The van der Waals surface area contributed by atoms with Gasteiger partial charge in [-0.1, -0.05) is 13.0 Å². The molecule has 1 aromatic heterocycles. The molecule has 27 heavy (non-hydrogen) atoms. The Labute approximate surface area is 161 Å². The number of nitrogens with one attached hydrogen (secondary N) is 1. The summed E-state index contributed by atoms with van der Waals surface area (Å²) in [5, 5.41) is 3.51. The number of esters is 1. The van der Waals surface area contributed by atoms with Crippen molar-refractivity contribution in [3.05, 3.63) is 39.8 Å². The van der Waals surface area contributed by atoms with Gasteiger partial charge < -0.3 is 19.5 Å². The van der Waals surface area contributed by atoms with Crippen LogP contribution in [-0.4, -0.2) is 25.8 Å². The third kappa shape index (κ3) is 3.51. The normalized spacial score (nSPS) is 17.3. The lowest BCUT2D eigenvalue weighted by Crippen LogP contribution is -2.17. The molecule has 4 rings (SSSR count). The summed E-state index contributed by atoms with van der Waals surface area (Å²) in [6.45, 7) is 2.41. The largest absolute Gasteiger partial charge is 0.465 e. The molecule has 1 aliphatic carbocycles. The van der Waals surface area contributed by atoms with Gasteiger partial charge in [-0.15, -0.1) is 11.3 Å². The number of hydrogen-bond acceptors (Lipinski definition) is 6. The predicted octanol–water partition coefficient (Wildman–Crippen LogP) is 3.57. The second-order valence-electron chi connectivity index (χ2n) is 6.96. The van der Waals surface area contributed by atoms with Crippen LogP contribution in [0.4, 0.5) is 5.00 Å². The van der Waals surface area contributed by atoms with Crippen LogP contribution < -0.4 is 14.8 Å². The zero-order chi connectivity index (χ0) is 19.0. The van der Waals surface area contributed by atoms with E-state index in [1.807, 2.05) is 12.1 Å². The van der Waals surface area contributed by atoms with E-state index in [-0.39, 0.29) is 25.1 Å². The highest BCUT2D eigenvalue weighted by Gasteiger charge is 2.29. The van der Waals surface area contributed by atoms with E-state index < -0.39 is 0 Å². The van der Waals surface area contributed by atoms with Crippen molar-refractivity contribution in [2.75, 3.05) is 19.2 Å². The Morgan fingerprint density at radius 2 is 2.11 bits per heavy atom. The molecule has 2 aromatic rings. The Kier molecular flexibility index (Phi) is 4.78. The summed E-state index contributed by atoms with van der Waals surface area (Å²) in [4.78, 5) is 26.1. The molecule has 0 bridgehead atoms. The fraction of sp³-hybridized carbons (Fsp3) is 0.400. The third-order valence-corrected chi connectivity index (χ3v) is 6.13. The minimum absolute atomic E-state index is 0.175. The molecule has 1 atom stereocenters. The first-order valence-corrected chi connectivity index (χ1v) is 9.78. The van der Waals surface area contributed by atoms with Crippen molar-refractivity contribution in [1.82, 2.24) is 0 Å². The average molecular weight is 387 g/mol. The van der Waals surface area contributed by atoms with Gasteiger partial charge in [-0.25, -0.2) is 4.79 Å². The van der Waals surface area contributed by atoms with E-state index in [1.165, 1.54) is 23.3 Å². The molecule has 6 nitrogen and oxygen atoms in total. The summed E-state index contributed by atoms with van der Waals surface area (Å²) in [6.07, 6.45) is 3.01. The lowest BCUT2D eigenvalue weighted by atomic mass is 9.88. The molecule has 142 valence electrons. The third-order valence-electron chi connectivity index (χ3n) is 4.96. The second kappa shape index (κ2) is 7.23. The number of carbonyl (C=O) groups is 2. The maximum Gasteiger partial charge on any atom is 0.341 e. The van der Waals surface area contributed by atoms with Gasteiger partial charge in [0.2, 0.25) is 12.7 Å². The maximum atomic E-state index is 12.6. The average Bonchev–Trinajstić information content (AvgIpc) is 3.24. The van der Waals surface area contributed by atoms with Crippen molar-refractivity contribution < 1.29 is 23.8 Å². The fourth-order valence-electron chi connectivity index (χ4n) is 3.56. The van der Waals surface area contributed by atoms with E-state index in [0.29, 0.717) is 28.0 Å². The number of fused-ring (bicyclic) bond motifs is 2. The lowest BCUT2D eigenvalue weighted by molar-refractivity contribution is -0.115. The van der Waals surface area contributed by atoms with Gasteiger partial charge in [0, 0.05) is 4.88 Å². The van der Waals surface area contributed by atoms with Crippen molar-refractivity contribution in [1.29, 1.82) is 0 Å². The number of thiophene rings is 1. The fourth-order valence-corrected chi connectivity index (χ4v) is 4.98. The summed E-state index contributed by atoms with van der Waals surface area (Å²) >= 11 is 1.49. The molecule has 7 heteroatoms. The standard InChI is InChI=1S/C20H21NO5S/c1-11-3-5-13-16(7-11)27-19(18(13)20(23)24-2)21-17(22)9-12-4-6-14-15(8-12)26-10-25-14/h4,6,8,11H,3,5,7,9-10H2,1-2H3,(H,21,22). The molecule has 0 radical (unpaired) electrons. The van der Waals surface area contributed by atoms with Gasteiger partial charge in [0.1, 0.15) is 5.00 Å². The van der Waals surface area contributed by atoms with E-state index in [2.05, 4.69) is 12.2 Å². The van der Waals surface area contributed by atoms with Gasteiger partial charge >= 0.3 is 5.97 Å². The van der Waals surface area contributed by atoms with Crippen LogP contribution in [0.2, 0.25) is 0 Å². The topological polar surface area (TPSA) is 73.9 Å². The van der Waals surface area contributed by atoms with Crippen LogP contribution in [0.3, 0.4) is 0 Å². The van der Waals surface area contributed by atoms with E-state index in [4.69, 9.17) is 14.2 Å². The minimum atomic E-state index is -0.388. The molecule has 0 saturated carbocycles. The molecular weight excluding hydrogens is 366 g/mol. The molecule has 0 fully saturated rings. The Morgan fingerprint density at radius 3 is 2.93 bits per heavy atom. The van der Waals surface area contributed by atoms with E-state index in [1.54, 1.807) is 6.07 Å². The molecule has 1 N–H and O–H groups in total. The van der Waals surface area contributed by atoms with E-state index >= 15 is 0 Å². The van der Waals surface area contributed by atoms with Crippen molar-refractivity contribution in [3.8, 4) is 11.5 Å². The smallest absolute Gasteiger partial charge is 0.341 e. The number of benzene rings is 1. The van der Waals surface area contributed by atoms with Crippen molar-refractivity contribution in [2.24, 2.45) is 5.92 Å². The van der Waals surface area contributed by atoms with Gasteiger partial charge in [0.05, 0.1) is 19.1 Å². The van der Waals surface area contributed by atoms with Gasteiger partial charge in [-0.2, -0.15) is 0 Å². The van der Waals surface area contributed by atoms with Crippen LogP contribution in [-0.2, 0) is 28.8 Å². The summed E-state index contributed by atoms with van der Waals surface area (Å²) < 4.78 is 15.6. The van der Waals surface area contributed by atoms with E-state index in [0.717, 1.165) is 30.4 Å². The minimum Gasteiger partial charge on any atom is -0.465 e. The SMILES string of the molecule is COC(=O)c1c(NC(=O)Cc2ccc3c(c2)OCO3)sc2c1CCC(C)C2. The highest BCUT2D eigenvalue weighted by atomic mass is 32.1.